The Labute approximate surface area is 162 Å². The molecule has 0 unspecified atom stereocenters. The molecular formula is C24H28NO2+. The molecule has 0 saturated heterocycles. The van der Waals surface area contributed by atoms with Crippen LogP contribution in [0.2, 0.25) is 0 Å². The normalized spacial score (nSPS) is 12.6. The fourth-order valence-electron chi connectivity index (χ4n) is 3.40. The minimum Gasteiger partial charge on any atom is -0.490 e. The van der Waals surface area contributed by atoms with E-state index >= 15 is 0 Å². The largest absolute Gasteiger partial charge is 0.490 e. The van der Waals surface area contributed by atoms with Crippen molar-refractivity contribution in [2.75, 3.05) is 27.2 Å². The molecule has 0 aliphatic carbocycles. The Bertz CT molecular complexity index is 831. The van der Waals surface area contributed by atoms with Gasteiger partial charge < -0.3 is 14.3 Å². The van der Waals surface area contributed by atoms with Crippen LogP contribution in [0.4, 0.5) is 0 Å². The van der Waals surface area contributed by atoms with Gasteiger partial charge in [-0.15, -0.1) is 0 Å². The number of hydrogen-bond donors (Lipinski definition) is 1. The van der Waals surface area contributed by atoms with Crippen LogP contribution in [0.5, 0.6) is 5.75 Å². The number of ether oxygens (including phenoxy) is 1. The Kier molecular flexibility index (Phi) is 6.28. The van der Waals surface area contributed by atoms with Gasteiger partial charge >= 0.3 is 0 Å². The van der Waals surface area contributed by atoms with Crippen molar-refractivity contribution in [3.63, 3.8) is 0 Å². The van der Waals surface area contributed by atoms with E-state index in [9.17, 15) is 5.11 Å². The van der Waals surface area contributed by atoms with E-state index in [0.717, 1.165) is 23.4 Å². The maximum atomic E-state index is 10.5. The molecule has 3 aromatic rings. The molecule has 3 rings (SSSR count). The average Bonchev–Trinajstić information content (AvgIpc) is 2.67. The third-order valence-corrected chi connectivity index (χ3v) is 4.56. The van der Waals surface area contributed by atoms with Gasteiger partial charge in [0, 0.05) is 11.1 Å². The summed E-state index contributed by atoms with van der Waals surface area (Å²) in [6, 6.07) is 28.5. The zero-order valence-corrected chi connectivity index (χ0v) is 16.1. The first-order valence-corrected chi connectivity index (χ1v) is 9.35. The predicted octanol–water partition coefficient (Wildman–Crippen LogP) is 4.37. The van der Waals surface area contributed by atoms with Crippen molar-refractivity contribution in [2.45, 2.75) is 12.6 Å². The number of benzene rings is 3. The molecule has 0 amide bonds. The van der Waals surface area contributed by atoms with Gasteiger partial charge in [0.1, 0.15) is 31.5 Å². The molecule has 140 valence electrons. The molecule has 0 spiro atoms. The van der Waals surface area contributed by atoms with E-state index in [4.69, 9.17) is 4.74 Å². The highest BCUT2D eigenvalue weighted by atomic mass is 16.5. The van der Waals surface area contributed by atoms with Crippen LogP contribution >= 0.6 is 0 Å². The lowest BCUT2D eigenvalue weighted by Crippen LogP contribution is -2.46. The number of aliphatic hydroxyl groups is 1. The summed E-state index contributed by atoms with van der Waals surface area (Å²) >= 11 is 0. The van der Waals surface area contributed by atoms with Gasteiger partial charge in [0.2, 0.25) is 0 Å². The van der Waals surface area contributed by atoms with Crippen molar-refractivity contribution in [3.8, 4) is 16.9 Å². The second-order valence-electron chi connectivity index (χ2n) is 7.59. The van der Waals surface area contributed by atoms with Gasteiger partial charge in [-0.25, -0.2) is 0 Å². The van der Waals surface area contributed by atoms with Crippen molar-refractivity contribution in [1.82, 2.24) is 0 Å². The Hall–Kier alpha value is -2.62. The van der Waals surface area contributed by atoms with Crippen molar-refractivity contribution >= 4 is 0 Å². The molecule has 0 saturated carbocycles. The standard InChI is InChI=1S/C24H28NO2/c1-25(2,17-20-11-5-3-6-12-20)18-22(26)19-27-24-16-10-9-15-23(24)21-13-7-4-8-14-21/h3-16,22,26H,17-19H2,1-2H3/q+1/t22-/m1/s1. The number of quaternary nitrogens is 1. The summed E-state index contributed by atoms with van der Waals surface area (Å²) < 4.78 is 6.69. The molecule has 3 aromatic carbocycles. The molecule has 0 aliphatic rings. The van der Waals surface area contributed by atoms with E-state index in [2.05, 4.69) is 50.5 Å². The quantitative estimate of drug-likeness (QED) is 0.603. The van der Waals surface area contributed by atoms with Crippen LogP contribution in [-0.4, -0.2) is 42.9 Å². The zero-order valence-electron chi connectivity index (χ0n) is 16.1. The molecule has 0 bridgehead atoms. The van der Waals surface area contributed by atoms with Gasteiger partial charge in [-0.3, -0.25) is 0 Å². The van der Waals surface area contributed by atoms with Crippen LogP contribution in [-0.2, 0) is 6.54 Å². The number of hydrogen-bond acceptors (Lipinski definition) is 2. The summed E-state index contributed by atoms with van der Waals surface area (Å²) in [6.45, 7) is 1.78. The summed E-state index contributed by atoms with van der Waals surface area (Å²) in [6.07, 6.45) is -0.535. The topological polar surface area (TPSA) is 29.5 Å². The van der Waals surface area contributed by atoms with Crippen LogP contribution in [0.15, 0.2) is 84.9 Å². The van der Waals surface area contributed by atoms with Crippen molar-refractivity contribution in [3.05, 3.63) is 90.5 Å². The summed E-state index contributed by atoms with van der Waals surface area (Å²) in [4.78, 5) is 0. The van der Waals surface area contributed by atoms with Crippen LogP contribution in [0.25, 0.3) is 11.1 Å². The van der Waals surface area contributed by atoms with Gasteiger partial charge in [-0.05, 0) is 11.6 Å². The highest BCUT2D eigenvalue weighted by Crippen LogP contribution is 2.29. The minimum absolute atomic E-state index is 0.278. The van der Waals surface area contributed by atoms with E-state index < -0.39 is 6.10 Å². The lowest BCUT2D eigenvalue weighted by atomic mass is 10.1. The second kappa shape index (κ2) is 8.85. The molecule has 1 atom stereocenters. The molecule has 0 aromatic heterocycles. The Morgan fingerprint density at radius 1 is 0.815 bits per heavy atom. The molecule has 1 N–H and O–H groups in total. The fraction of sp³-hybridized carbons (Fsp3) is 0.250. The monoisotopic (exact) mass is 362 g/mol. The van der Waals surface area contributed by atoms with Crippen molar-refractivity contribution < 1.29 is 14.3 Å². The summed E-state index contributed by atoms with van der Waals surface area (Å²) in [5, 5.41) is 10.5. The molecule has 0 radical (unpaired) electrons. The number of likely N-dealkylation sites (N-methyl/N-ethyl adjacent to an activating group) is 1. The van der Waals surface area contributed by atoms with Crippen LogP contribution in [0.1, 0.15) is 5.56 Å². The molecule has 0 fully saturated rings. The second-order valence-corrected chi connectivity index (χ2v) is 7.59. The van der Waals surface area contributed by atoms with E-state index in [1.54, 1.807) is 0 Å². The lowest BCUT2D eigenvalue weighted by molar-refractivity contribution is -0.906. The van der Waals surface area contributed by atoms with Gasteiger partial charge in [0.25, 0.3) is 0 Å². The summed E-state index contributed by atoms with van der Waals surface area (Å²) in [5.41, 5.74) is 3.43. The number of aliphatic hydroxyl groups excluding tert-OH is 1. The van der Waals surface area contributed by atoms with Gasteiger partial charge in [-0.2, -0.15) is 0 Å². The van der Waals surface area contributed by atoms with Crippen LogP contribution in [0.3, 0.4) is 0 Å². The molecule has 0 heterocycles. The molecular weight excluding hydrogens is 334 g/mol. The summed E-state index contributed by atoms with van der Waals surface area (Å²) in [5.74, 6) is 0.802. The number of rotatable bonds is 8. The fourth-order valence-corrected chi connectivity index (χ4v) is 3.40. The highest BCUT2D eigenvalue weighted by molar-refractivity contribution is 5.70. The van der Waals surface area contributed by atoms with E-state index in [1.807, 2.05) is 48.5 Å². The SMILES string of the molecule is C[N+](C)(Cc1ccccc1)C[C@@H](O)COc1ccccc1-c1ccccc1. The average molecular weight is 362 g/mol. The van der Waals surface area contributed by atoms with Crippen molar-refractivity contribution in [2.24, 2.45) is 0 Å². The third kappa shape index (κ3) is 5.68. The Balaban J connectivity index is 1.60. The maximum Gasteiger partial charge on any atom is 0.137 e. The first kappa shape index (κ1) is 19.2. The van der Waals surface area contributed by atoms with E-state index in [0.29, 0.717) is 11.0 Å². The first-order chi connectivity index (χ1) is 13.0. The first-order valence-electron chi connectivity index (χ1n) is 9.35. The van der Waals surface area contributed by atoms with E-state index in [1.165, 1.54) is 5.56 Å². The Morgan fingerprint density at radius 3 is 2.11 bits per heavy atom. The van der Waals surface area contributed by atoms with Crippen LogP contribution in [0, 0.1) is 0 Å². The lowest BCUT2D eigenvalue weighted by Gasteiger charge is -2.32. The molecule has 0 aliphatic heterocycles. The van der Waals surface area contributed by atoms with Gasteiger partial charge in [0.05, 0.1) is 14.1 Å². The van der Waals surface area contributed by atoms with Crippen molar-refractivity contribution in [1.29, 1.82) is 0 Å². The zero-order chi connectivity index (χ0) is 19.1. The van der Waals surface area contributed by atoms with Gasteiger partial charge in [-0.1, -0.05) is 78.9 Å². The molecule has 3 heteroatoms. The number of nitrogens with zero attached hydrogens (tertiary/aromatic N) is 1. The molecule has 27 heavy (non-hydrogen) atoms. The maximum absolute atomic E-state index is 10.5. The number of para-hydroxylation sites is 1. The highest BCUT2D eigenvalue weighted by Gasteiger charge is 2.22. The van der Waals surface area contributed by atoms with Gasteiger partial charge in [0.15, 0.2) is 0 Å². The van der Waals surface area contributed by atoms with Crippen LogP contribution < -0.4 is 4.74 Å². The minimum atomic E-state index is -0.535. The third-order valence-electron chi connectivity index (χ3n) is 4.56. The Morgan fingerprint density at radius 2 is 1.41 bits per heavy atom. The summed E-state index contributed by atoms with van der Waals surface area (Å²) in [7, 11) is 4.27. The van der Waals surface area contributed by atoms with E-state index in [-0.39, 0.29) is 6.61 Å². The predicted molar refractivity (Wildman–Crippen MR) is 111 cm³/mol. The smallest absolute Gasteiger partial charge is 0.137 e. The molecule has 3 nitrogen and oxygen atoms in total.